The largest absolute Gasteiger partial charge is 0.243 e. The SMILES string of the molecule is Cc1ccsc1C1CCCCCN1S(=O)(=O)c1cccc(Cl)c1. The molecule has 3 rings (SSSR count). The normalized spacial score (nSPS) is 20.3. The summed E-state index contributed by atoms with van der Waals surface area (Å²) < 4.78 is 28.0. The van der Waals surface area contributed by atoms with Crippen LogP contribution < -0.4 is 0 Å². The molecule has 3 nitrogen and oxygen atoms in total. The van der Waals surface area contributed by atoms with Crippen LogP contribution in [-0.2, 0) is 10.0 Å². The molecule has 1 aromatic heterocycles. The topological polar surface area (TPSA) is 37.4 Å². The molecule has 1 aliphatic heterocycles. The van der Waals surface area contributed by atoms with Crippen LogP contribution >= 0.6 is 22.9 Å². The van der Waals surface area contributed by atoms with Gasteiger partial charge in [-0.25, -0.2) is 8.42 Å². The van der Waals surface area contributed by atoms with Crippen molar-refractivity contribution in [1.29, 1.82) is 0 Å². The number of aryl methyl sites for hydroxylation is 1. The van der Waals surface area contributed by atoms with Crippen LogP contribution in [0, 0.1) is 6.92 Å². The molecule has 1 fully saturated rings. The second-order valence-corrected chi connectivity index (χ2v) is 9.18. The third-order valence-electron chi connectivity index (χ3n) is 4.31. The van der Waals surface area contributed by atoms with Crippen molar-refractivity contribution in [2.75, 3.05) is 6.54 Å². The Morgan fingerprint density at radius 3 is 2.74 bits per heavy atom. The molecule has 1 saturated heterocycles. The Labute approximate surface area is 147 Å². The molecule has 2 aromatic rings. The molecule has 0 saturated carbocycles. The van der Waals surface area contributed by atoms with Gasteiger partial charge < -0.3 is 0 Å². The number of halogens is 1. The summed E-state index contributed by atoms with van der Waals surface area (Å²) in [6.45, 7) is 2.62. The molecule has 0 amide bonds. The monoisotopic (exact) mass is 369 g/mol. The standard InChI is InChI=1S/C17H20ClNO2S2/c1-13-9-11-22-17(13)16-8-3-2-4-10-19(16)23(20,21)15-7-5-6-14(18)12-15/h5-7,9,11-12,16H,2-4,8,10H2,1H3. The molecule has 0 bridgehead atoms. The minimum Gasteiger partial charge on any atom is -0.207 e. The van der Waals surface area contributed by atoms with Crippen molar-refractivity contribution in [3.8, 4) is 0 Å². The van der Waals surface area contributed by atoms with Crippen molar-refractivity contribution in [1.82, 2.24) is 4.31 Å². The van der Waals surface area contributed by atoms with Gasteiger partial charge in [-0.3, -0.25) is 0 Å². The average Bonchev–Trinajstić information content (AvgIpc) is 2.80. The average molecular weight is 370 g/mol. The molecule has 124 valence electrons. The van der Waals surface area contributed by atoms with Gasteiger partial charge in [0, 0.05) is 16.4 Å². The lowest BCUT2D eigenvalue weighted by molar-refractivity contribution is 0.332. The van der Waals surface area contributed by atoms with Crippen LogP contribution in [0.1, 0.15) is 42.2 Å². The fourth-order valence-corrected chi connectivity index (χ4v) is 6.23. The molecule has 6 heteroatoms. The summed E-state index contributed by atoms with van der Waals surface area (Å²) in [4.78, 5) is 1.45. The molecular formula is C17H20ClNO2S2. The van der Waals surface area contributed by atoms with Gasteiger partial charge in [0.1, 0.15) is 0 Å². The zero-order valence-corrected chi connectivity index (χ0v) is 15.4. The van der Waals surface area contributed by atoms with E-state index in [9.17, 15) is 8.42 Å². The molecule has 0 N–H and O–H groups in total. The number of hydrogen-bond donors (Lipinski definition) is 0. The third kappa shape index (κ3) is 3.48. The van der Waals surface area contributed by atoms with Crippen LogP contribution in [-0.4, -0.2) is 19.3 Å². The van der Waals surface area contributed by atoms with Crippen molar-refractivity contribution in [2.24, 2.45) is 0 Å². The van der Waals surface area contributed by atoms with Gasteiger partial charge in [-0.15, -0.1) is 11.3 Å². The number of nitrogens with zero attached hydrogens (tertiary/aromatic N) is 1. The smallest absolute Gasteiger partial charge is 0.207 e. The molecule has 2 heterocycles. The van der Waals surface area contributed by atoms with Gasteiger partial charge in [0.2, 0.25) is 10.0 Å². The number of sulfonamides is 1. The second-order valence-electron chi connectivity index (χ2n) is 5.91. The molecule has 0 spiro atoms. The lowest BCUT2D eigenvalue weighted by atomic mass is 10.1. The second kappa shape index (κ2) is 6.93. The highest BCUT2D eigenvalue weighted by Gasteiger charge is 2.34. The Kier molecular flexibility index (Phi) is 5.11. The van der Waals surface area contributed by atoms with Crippen molar-refractivity contribution >= 4 is 33.0 Å². The predicted octanol–water partition coefficient (Wildman–Crippen LogP) is 5.02. The minimum absolute atomic E-state index is 0.0681. The minimum atomic E-state index is -3.54. The van der Waals surface area contributed by atoms with Crippen LogP contribution in [0.2, 0.25) is 5.02 Å². The zero-order chi connectivity index (χ0) is 16.4. The van der Waals surface area contributed by atoms with Gasteiger partial charge in [-0.05, 0) is 55.0 Å². The fraction of sp³-hybridized carbons (Fsp3) is 0.412. The van der Waals surface area contributed by atoms with E-state index in [2.05, 4.69) is 13.0 Å². The first-order chi connectivity index (χ1) is 11.0. The van der Waals surface area contributed by atoms with Crippen molar-refractivity contribution < 1.29 is 8.42 Å². The lowest BCUT2D eigenvalue weighted by Gasteiger charge is -2.29. The summed E-state index contributed by atoms with van der Waals surface area (Å²) >= 11 is 7.65. The van der Waals surface area contributed by atoms with Crippen LogP contribution in [0.4, 0.5) is 0 Å². The van der Waals surface area contributed by atoms with Gasteiger partial charge in [0.15, 0.2) is 0 Å². The maximum Gasteiger partial charge on any atom is 0.243 e. The highest BCUT2D eigenvalue weighted by Crippen LogP contribution is 2.38. The van der Waals surface area contributed by atoms with E-state index < -0.39 is 10.0 Å². The summed E-state index contributed by atoms with van der Waals surface area (Å²) in [6, 6.07) is 8.56. The van der Waals surface area contributed by atoms with E-state index in [4.69, 9.17) is 11.6 Å². The Hall–Kier alpha value is -0.880. The van der Waals surface area contributed by atoms with Crippen molar-refractivity contribution in [2.45, 2.75) is 43.5 Å². The summed E-state index contributed by atoms with van der Waals surface area (Å²) in [5.74, 6) is 0. The third-order valence-corrected chi connectivity index (χ3v) is 7.57. The maximum atomic E-state index is 13.2. The Morgan fingerprint density at radius 1 is 1.22 bits per heavy atom. The molecule has 1 atom stereocenters. The highest BCUT2D eigenvalue weighted by atomic mass is 35.5. The van der Waals surface area contributed by atoms with Gasteiger partial charge in [-0.1, -0.05) is 30.5 Å². The maximum absolute atomic E-state index is 13.2. The fourth-order valence-electron chi connectivity index (χ4n) is 3.12. The molecule has 1 aromatic carbocycles. The van der Waals surface area contributed by atoms with E-state index in [1.54, 1.807) is 39.9 Å². The van der Waals surface area contributed by atoms with E-state index in [1.807, 2.05) is 5.38 Å². The summed E-state index contributed by atoms with van der Waals surface area (Å²) in [5.41, 5.74) is 1.17. The predicted molar refractivity (Wildman–Crippen MR) is 95.6 cm³/mol. The van der Waals surface area contributed by atoms with E-state index in [0.29, 0.717) is 11.6 Å². The molecular weight excluding hydrogens is 350 g/mol. The van der Waals surface area contributed by atoms with Crippen LogP contribution in [0.3, 0.4) is 0 Å². The Bertz CT molecular complexity index is 785. The molecule has 23 heavy (non-hydrogen) atoms. The summed E-state index contributed by atoms with van der Waals surface area (Å²) in [5, 5.41) is 2.49. The Morgan fingerprint density at radius 2 is 2.04 bits per heavy atom. The molecule has 1 aliphatic rings. The first-order valence-electron chi connectivity index (χ1n) is 7.81. The summed E-state index contributed by atoms with van der Waals surface area (Å²) in [7, 11) is -3.54. The van der Waals surface area contributed by atoms with E-state index in [-0.39, 0.29) is 10.9 Å². The number of benzene rings is 1. The van der Waals surface area contributed by atoms with Gasteiger partial charge in [0.05, 0.1) is 10.9 Å². The number of rotatable bonds is 3. The van der Waals surface area contributed by atoms with Gasteiger partial charge in [0.25, 0.3) is 0 Å². The molecule has 0 aliphatic carbocycles. The van der Waals surface area contributed by atoms with Crippen LogP contribution in [0.5, 0.6) is 0 Å². The van der Waals surface area contributed by atoms with E-state index in [1.165, 1.54) is 5.56 Å². The number of hydrogen-bond acceptors (Lipinski definition) is 3. The Balaban J connectivity index is 2.04. The number of thiophene rings is 1. The van der Waals surface area contributed by atoms with Crippen LogP contribution in [0.25, 0.3) is 0 Å². The van der Waals surface area contributed by atoms with Gasteiger partial charge in [-0.2, -0.15) is 4.31 Å². The van der Waals surface area contributed by atoms with Crippen molar-refractivity contribution in [3.05, 3.63) is 51.2 Å². The quantitative estimate of drug-likeness (QED) is 0.762. The van der Waals surface area contributed by atoms with Crippen LogP contribution in [0.15, 0.2) is 40.6 Å². The zero-order valence-electron chi connectivity index (χ0n) is 13.0. The highest BCUT2D eigenvalue weighted by molar-refractivity contribution is 7.89. The van der Waals surface area contributed by atoms with Crippen molar-refractivity contribution in [3.63, 3.8) is 0 Å². The molecule has 0 radical (unpaired) electrons. The van der Waals surface area contributed by atoms with E-state index >= 15 is 0 Å². The molecule has 1 unspecified atom stereocenters. The first-order valence-corrected chi connectivity index (χ1v) is 10.5. The summed E-state index contributed by atoms with van der Waals surface area (Å²) in [6.07, 6.45) is 3.91. The first kappa shape index (κ1) is 17.0. The van der Waals surface area contributed by atoms with Gasteiger partial charge >= 0.3 is 0 Å². The lowest BCUT2D eigenvalue weighted by Crippen LogP contribution is -2.34. The van der Waals surface area contributed by atoms with E-state index in [0.717, 1.165) is 30.6 Å².